The molecule has 0 aromatic heterocycles. The van der Waals surface area contributed by atoms with Crippen LogP contribution in [-0.2, 0) is 32.7 Å². The van der Waals surface area contributed by atoms with Gasteiger partial charge < -0.3 is 18.9 Å². The van der Waals surface area contributed by atoms with Crippen LogP contribution in [0.3, 0.4) is 0 Å². The summed E-state index contributed by atoms with van der Waals surface area (Å²) in [5.41, 5.74) is 0. The number of likely N-dealkylation sites (N-methyl/N-ethyl adjacent to an activating group) is 1. The van der Waals surface area contributed by atoms with Crippen molar-refractivity contribution in [2.45, 2.75) is 277 Å². The highest BCUT2D eigenvalue weighted by Crippen LogP contribution is 2.43. The first-order valence-electron chi connectivity index (χ1n) is 37.8. The molecular weight excluding hydrogens is 1210 g/mol. The maximum Gasteiger partial charge on any atom is 0.472 e. The predicted molar refractivity (Wildman–Crippen MR) is 417 cm³/mol. The molecule has 0 aliphatic rings. The number of hydrogen-bond donors (Lipinski definition) is 1. The number of quaternary nitrogens is 1. The molecule has 0 aromatic carbocycles. The molecule has 0 fully saturated rings. The van der Waals surface area contributed by atoms with Gasteiger partial charge in [0.25, 0.3) is 0 Å². The maximum atomic E-state index is 12.9. The Kier molecular flexibility index (Phi) is 69.7. The van der Waals surface area contributed by atoms with Gasteiger partial charge in [-0.2, -0.15) is 0 Å². The van der Waals surface area contributed by atoms with E-state index in [1.807, 2.05) is 21.1 Å². The summed E-state index contributed by atoms with van der Waals surface area (Å²) < 4.78 is 34.7. The number of carbonyl (C=O) groups excluding carboxylic acids is 2. The van der Waals surface area contributed by atoms with Crippen molar-refractivity contribution in [2.24, 2.45) is 0 Å². The summed E-state index contributed by atoms with van der Waals surface area (Å²) in [6.07, 6.45) is 117. The smallest absolute Gasteiger partial charge is 0.462 e. The number of ether oxygens (including phenoxy) is 2. The first kappa shape index (κ1) is 90.6. The lowest BCUT2D eigenvalue weighted by Crippen LogP contribution is -2.37. The van der Waals surface area contributed by atoms with E-state index >= 15 is 0 Å². The van der Waals surface area contributed by atoms with Gasteiger partial charge in [0.15, 0.2) is 6.10 Å². The molecule has 9 nitrogen and oxygen atoms in total. The van der Waals surface area contributed by atoms with Crippen LogP contribution in [0.1, 0.15) is 271 Å². The zero-order valence-electron chi connectivity index (χ0n) is 61.5. The number of unbranched alkanes of at least 4 members (excludes halogenated alkanes) is 19. The van der Waals surface area contributed by atoms with E-state index in [-0.39, 0.29) is 32.0 Å². The minimum Gasteiger partial charge on any atom is -0.462 e. The molecule has 0 saturated carbocycles. The van der Waals surface area contributed by atoms with Gasteiger partial charge >= 0.3 is 19.8 Å². The number of esters is 2. The normalized spacial score (nSPS) is 14.3. The van der Waals surface area contributed by atoms with E-state index in [4.69, 9.17) is 18.5 Å². The van der Waals surface area contributed by atoms with Crippen molar-refractivity contribution in [1.29, 1.82) is 0 Å². The Morgan fingerprint density at radius 2 is 0.562 bits per heavy atom. The molecule has 10 heteroatoms. The topological polar surface area (TPSA) is 108 Å². The Hall–Kier alpha value is -5.41. The second-order valence-corrected chi connectivity index (χ2v) is 27.0. The van der Waals surface area contributed by atoms with Crippen LogP contribution in [0.2, 0.25) is 0 Å². The number of rotatable bonds is 67. The number of hydrogen-bond acceptors (Lipinski definition) is 7. The average molecular weight is 1350 g/mol. The van der Waals surface area contributed by atoms with E-state index in [1.165, 1.54) is 89.9 Å². The van der Waals surface area contributed by atoms with Gasteiger partial charge in [0.1, 0.15) is 19.8 Å². The second-order valence-electron chi connectivity index (χ2n) is 25.6. The fourth-order valence-electron chi connectivity index (χ4n) is 9.61. The Balaban J connectivity index is 4.11. The molecule has 2 unspecified atom stereocenters. The van der Waals surface area contributed by atoms with Crippen LogP contribution in [-0.4, -0.2) is 74.9 Å². The zero-order chi connectivity index (χ0) is 69.7. The first-order valence-corrected chi connectivity index (χ1v) is 39.3. The molecule has 540 valence electrons. The molecule has 0 rings (SSSR count). The summed E-state index contributed by atoms with van der Waals surface area (Å²) in [5, 5.41) is 0. The van der Waals surface area contributed by atoms with E-state index in [1.54, 1.807) is 0 Å². The summed E-state index contributed by atoms with van der Waals surface area (Å²) in [6.45, 7) is 4.15. The molecule has 0 heterocycles. The Morgan fingerprint density at radius 1 is 0.323 bits per heavy atom. The minimum atomic E-state index is -4.42. The summed E-state index contributed by atoms with van der Waals surface area (Å²) in [6, 6.07) is 0. The summed E-state index contributed by atoms with van der Waals surface area (Å²) in [7, 11) is 1.43. The zero-order valence-corrected chi connectivity index (χ0v) is 62.4. The molecule has 0 amide bonds. The Bertz CT molecular complexity index is 2380. The Morgan fingerprint density at radius 3 is 0.844 bits per heavy atom. The Labute approximate surface area is 589 Å². The molecule has 0 radical (unpaired) electrons. The van der Waals surface area contributed by atoms with Crippen LogP contribution >= 0.6 is 7.82 Å². The van der Waals surface area contributed by atoms with Crippen molar-refractivity contribution < 1.29 is 42.1 Å². The largest absolute Gasteiger partial charge is 0.472 e. The number of phosphoric ester groups is 1. The van der Waals surface area contributed by atoms with E-state index in [0.29, 0.717) is 17.4 Å². The summed E-state index contributed by atoms with van der Waals surface area (Å²) in [4.78, 5) is 35.9. The van der Waals surface area contributed by atoms with Crippen LogP contribution in [0, 0.1) is 0 Å². The van der Waals surface area contributed by atoms with Gasteiger partial charge in [0.05, 0.1) is 27.7 Å². The summed E-state index contributed by atoms with van der Waals surface area (Å²) >= 11 is 0. The van der Waals surface area contributed by atoms with Gasteiger partial charge in [0.2, 0.25) is 0 Å². The molecule has 0 bridgehead atoms. The van der Waals surface area contributed by atoms with Crippen molar-refractivity contribution in [3.63, 3.8) is 0 Å². The fourth-order valence-corrected chi connectivity index (χ4v) is 10.4. The molecular formula is C86H139NO8P+. The SMILES string of the molecule is CC/C=C\C/C=C\C/C=C\C/C=C\C/C=C\C/C=C\C/C=C\C/C=C\C/C=C\CCCCCC(=O)OC(COC(=O)CCCCCCCCCCCCCCCCCC/C=C\C/C=C\C/C=C\C/C=C\C/C=C\C/C=C\C/C=C\C/C=C\CC)COP(=O)(O)OCC[N+](C)(C)C. The summed E-state index contributed by atoms with van der Waals surface area (Å²) in [5.74, 6) is -0.845. The van der Waals surface area contributed by atoms with Crippen molar-refractivity contribution in [2.75, 3.05) is 47.5 Å². The van der Waals surface area contributed by atoms with Crippen LogP contribution in [0.5, 0.6) is 0 Å². The van der Waals surface area contributed by atoms with Crippen LogP contribution in [0.15, 0.2) is 207 Å². The van der Waals surface area contributed by atoms with E-state index < -0.39 is 26.5 Å². The number of carbonyl (C=O) groups is 2. The fraction of sp³-hybridized carbons (Fsp3) is 0.581. The van der Waals surface area contributed by atoms with Gasteiger partial charge in [-0.1, -0.05) is 317 Å². The quantitative estimate of drug-likeness (QED) is 0.0211. The van der Waals surface area contributed by atoms with Crippen molar-refractivity contribution in [3.8, 4) is 0 Å². The third-order valence-corrected chi connectivity index (χ3v) is 16.3. The third-order valence-electron chi connectivity index (χ3n) is 15.3. The highest BCUT2D eigenvalue weighted by atomic mass is 31.2. The lowest BCUT2D eigenvalue weighted by molar-refractivity contribution is -0.870. The van der Waals surface area contributed by atoms with Crippen molar-refractivity contribution >= 4 is 19.8 Å². The minimum absolute atomic E-state index is 0.0149. The maximum absolute atomic E-state index is 12.9. The number of nitrogens with zero attached hydrogens (tertiary/aromatic N) is 1. The highest BCUT2D eigenvalue weighted by molar-refractivity contribution is 7.47. The molecule has 0 spiro atoms. The molecule has 2 atom stereocenters. The standard InChI is InChI=1S/C86H138NO8P/c1-6-8-10-12-14-16-18-20-22-24-26-28-30-32-34-36-38-39-40-41-42-43-44-45-46-47-49-50-52-54-56-58-60-62-64-66-68-70-72-74-76-78-85(88)92-82-84(83-94-96(90,91)93-81-80-87(3,4)5)95-86(89)79-77-75-73-71-69-67-65-63-61-59-57-55-53-51-48-37-35-33-31-29-27-25-23-21-19-17-15-13-11-9-7-2/h8-11,14-17,20-23,26-29,32-35,38-39,41-42,44-45,48,51,55,57,61,63,67,69,84H,6-7,12-13,18-19,24-25,30-31,36-37,40,43,46-47,49-50,52-54,56,58-60,62,64-66,68,70-83H2,1-5H3/p+1/b10-8-,11-9-,16-14-,17-15-,22-20-,23-21-,28-26-,29-27-,34-32-,35-33-,39-38-,42-41-,45-44-,51-48-,57-55-,63-61-,69-67-. The third kappa shape index (κ3) is 77.6. The van der Waals surface area contributed by atoms with E-state index in [9.17, 15) is 19.0 Å². The molecule has 0 aliphatic carbocycles. The lowest BCUT2D eigenvalue weighted by Gasteiger charge is -2.24. The van der Waals surface area contributed by atoms with Crippen LogP contribution in [0.4, 0.5) is 0 Å². The molecule has 96 heavy (non-hydrogen) atoms. The highest BCUT2D eigenvalue weighted by Gasteiger charge is 2.27. The molecule has 1 N–H and O–H groups in total. The molecule has 0 saturated heterocycles. The van der Waals surface area contributed by atoms with Crippen LogP contribution in [0.25, 0.3) is 0 Å². The first-order chi connectivity index (χ1) is 47.0. The van der Waals surface area contributed by atoms with Gasteiger partial charge in [-0.05, 0) is 148 Å². The van der Waals surface area contributed by atoms with E-state index in [0.717, 1.165) is 148 Å². The van der Waals surface area contributed by atoms with Gasteiger partial charge in [0, 0.05) is 12.8 Å². The molecule has 0 aliphatic heterocycles. The van der Waals surface area contributed by atoms with Crippen molar-refractivity contribution in [3.05, 3.63) is 207 Å². The second kappa shape index (κ2) is 73.8. The lowest BCUT2D eigenvalue weighted by atomic mass is 10.0. The molecule has 0 aromatic rings. The monoisotopic (exact) mass is 1350 g/mol. The average Bonchev–Trinajstić information content (AvgIpc) is 1.97. The van der Waals surface area contributed by atoms with Crippen LogP contribution < -0.4 is 0 Å². The predicted octanol–water partition coefficient (Wildman–Crippen LogP) is 25.4. The number of phosphoric acid groups is 1. The van der Waals surface area contributed by atoms with Crippen molar-refractivity contribution in [1.82, 2.24) is 0 Å². The van der Waals surface area contributed by atoms with E-state index in [2.05, 4.69) is 220 Å². The number of allylic oxidation sites excluding steroid dienone is 34. The van der Waals surface area contributed by atoms with Gasteiger partial charge in [-0.3, -0.25) is 18.6 Å². The van der Waals surface area contributed by atoms with Gasteiger partial charge in [-0.25, -0.2) is 4.57 Å². The van der Waals surface area contributed by atoms with Gasteiger partial charge in [-0.15, -0.1) is 0 Å².